The first-order chi connectivity index (χ1) is 8.01. The molecular weight excluding hydrogens is 254 g/mol. The standard InChI is InChI=1S/C10H11ClF2N2O2/c1-2-17-10(16)8-5(4-11)6(14)3-7(15-8)9(12)13/h3,9H,2,4H2,1H3,(H2,14,15). The molecule has 1 aromatic rings. The van der Waals surface area contributed by atoms with Gasteiger partial charge in [-0.05, 0) is 13.0 Å². The number of nitrogens with two attached hydrogens (primary N) is 1. The van der Waals surface area contributed by atoms with Gasteiger partial charge in [0.15, 0.2) is 5.69 Å². The normalized spacial score (nSPS) is 10.6. The third-order valence-electron chi connectivity index (χ3n) is 2.00. The molecule has 1 aromatic heterocycles. The van der Waals surface area contributed by atoms with E-state index in [0.29, 0.717) is 0 Å². The maximum absolute atomic E-state index is 12.5. The van der Waals surface area contributed by atoms with Gasteiger partial charge >= 0.3 is 5.97 Å². The number of nitrogens with zero attached hydrogens (tertiary/aromatic N) is 1. The van der Waals surface area contributed by atoms with Crippen LogP contribution in [0.5, 0.6) is 0 Å². The molecule has 17 heavy (non-hydrogen) atoms. The first-order valence-corrected chi connectivity index (χ1v) is 5.35. The second-order valence-electron chi connectivity index (χ2n) is 3.12. The molecule has 0 aliphatic carbocycles. The minimum atomic E-state index is -2.81. The first-order valence-electron chi connectivity index (χ1n) is 4.81. The predicted molar refractivity (Wildman–Crippen MR) is 59.1 cm³/mol. The van der Waals surface area contributed by atoms with E-state index in [4.69, 9.17) is 22.1 Å². The largest absolute Gasteiger partial charge is 0.461 e. The van der Waals surface area contributed by atoms with Gasteiger partial charge in [-0.2, -0.15) is 0 Å². The summed E-state index contributed by atoms with van der Waals surface area (Å²) in [5.41, 5.74) is 4.93. The van der Waals surface area contributed by atoms with Crippen LogP contribution in [0, 0.1) is 0 Å². The lowest BCUT2D eigenvalue weighted by Gasteiger charge is -2.10. The molecule has 0 saturated carbocycles. The van der Waals surface area contributed by atoms with Crippen molar-refractivity contribution in [2.75, 3.05) is 12.3 Å². The SMILES string of the molecule is CCOC(=O)c1nc(C(F)F)cc(N)c1CCl. The molecule has 0 unspecified atom stereocenters. The van der Waals surface area contributed by atoms with Crippen LogP contribution < -0.4 is 5.73 Å². The van der Waals surface area contributed by atoms with Crippen molar-refractivity contribution < 1.29 is 18.3 Å². The van der Waals surface area contributed by atoms with E-state index in [0.717, 1.165) is 6.07 Å². The maximum atomic E-state index is 12.5. The van der Waals surface area contributed by atoms with Gasteiger partial charge in [-0.25, -0.2) is 18.6 Å². The zero-order valence-electron chi connectivity index (χ0n) is 9.04. The second kappa shape index (κ2) is 5.77. The van der Waals surface area contributed by atoms with E-state index in [1.165, 1.54) is 0 Å². The molecule has 0 amide bonds. The smallest absolute Gasteiger partial charge is 0.357 e. The van der Waals surface area contributed by atoms with Crippen LogP contribution in [0.1, 0.15) is 35.1 Å². The number of ether oxygens (including phenoxy) is 1. The highest BCUT2D eigenvalue weighted by Crippen LogP contribution is 2.25. The van der Waals surface area contributed by atoms with Crippen molar-refractivity contribution >= 4 is 23.3 Å². The highest BCUT2D eigenvalue weighted by molar-refractivity contribution is 6.18. The molecule has 0 fully saturated rings. The fraction of sp³-hybridized carbons (Fsp3) is 0.400. The molecular formula is C10H11ClF2N2O2. The number of hydrogen-bond donors (Lipinski definition) is 1. The van der Waals surface area contributed by atoms with Crippen LogP contribution in [0.3, 0.4) is 0 Å². The van der Waals surface area contributed by atoms with Gasteiger partial charge in [-0.1, -0.05) is 0 Å². The summed E-state index contributed by atoms with van der Waals surface area (Å²) in [4.78, 5) is 15.0. The van der Waals surface area contributed by atoms with Gasteiger partial charge in [0.05, 0.1) is 12.5 Å². The molecule has 1 rings (SSSR count). The van der Waals surface area contributed by atoms with Gasteiger partial charge in [0.2, 0.25) is 0 Å². The summed E-state index contributed by atoms with van der Waals surface area (Å²) in [5, 5.41) is 0. The van der Waals surface area contributed by atoms with Gasteiger partial charge in [-0.15, -0.1) is 11.6 Å². The Morgan fingerprint density at radius 1 is 1.65 bits per heavy atom. The molecule has 1 heterocycles. The van der Waals surface area contributed by atoms with Crippen molar-refractivity contribution in [1.82, 2.24) is 4.98 Å². The van der Waals surface area contributed by atoms with Crippen LogP contribution >= 0.6 is 11.6 Å². The Kier molecular flexibility index (Phi) is 4.62. The molecule has 0 aromatic carbocycles. The summed E-state index contributed by atoms with van der Waals surface area (Å²) in [6, 6.07) is 1.01. The molecule has 4 nitrogen and oxygen atoms in total. The van der Waals surface area contributed by atoms with Gasteiger partial charge in [0, 0.05) is 11.3 Å². The lowest BCUT2D eigenvalue weighted by atomic mass is 10.1. The fourth-order valence-electron chi connectivity index (χ4n) is 1.23. The molecule has 94 valence electrons. The lowest BCUT2D eigenvalue weighted by Crippen LogP contribution is -2.13. The second-order valence-corrected chi connectivity index (χ2v) is 3.39. The highest BCUT2D eigenvalue weighted by Gasteiger charge is 2.21. The summed E-state index contributed by atoms with van der Waals surface area (Å²) >= 11 is 5.60. The van der Waals surface area contributed by atoms with E-state index in [2.05, 4.69) is 4.98 Å². The third kappa shape index (κ3) is 3.03. The molecule has 0 bridgehead atoms. The first kappa shape index (κ1) is 13.6. The topological polar surface area (TPSA) is 65.2 Å². The number of esters is 1. The van der Waals surface area contributed by atoms with Gasteiger partial charge in [0.1, 0.15) is 5.69 Å². The van der Waals surface area contributed by atoms with Crippen molar-refractivity contribution in [3.05, 3.63) is 23.0 Å². The van der Waals surface area contributed by atoms with Crippen LogP contribution in [0.2, 0.25) is 0 Å². The number of alkyl halides is 3. The molecule has 0 saturated heterocycles. The number of carbonyl (C=O) groups excluding carboxylic acids is 1. The molecule has 0 spiro atoms. The van der Waals surface area contributed by atoms with E-state index in [-0.39, 0.29) is 29.4 Å². The summed E-state index contributed by atoms with van der Waals surface area (Å²) in [7, 11) is 0. The summed E-state index contributed by atoms with van der Waals surface area (Å²) in [6.45, 7) is 1.71. The Labute approximate surface area is 102 Å². The Morgan fingerprint density at radius 2 is 2.29 bits per heavy atom. The number of aromatic nitrogens is 1. The van der Waals surface area contributed by atoms with E-state index in [9.17, 15) is 13.6 Å². The van der Waals surface area contributed by atoms with Crippen molar-refractivity contribution in [3.8, 4) is 0 Å². The molecule has 2 N–H and O–H groups in total. The number of halogens is 3. The number of rotatable bonds is 4. The molecule has 0 atom stereocenters. The molecule has 7 heteroatoms. The van der Waals surface area contributed by atoms with Crippen LogP contribution in [0.4, 0.5) is 14.5 Å². The highest BCUT2D eigenvalue weighted by atomic mass is 35.5. The summed E-state index contributed by atoms with van der Waals surface area (Å²) in [5.74, 6) is -0.909. The summed E-state index contributed by atoms with van der Waals surface area (Å²) < 4.78 is 29.7. The molecule has 0 radical (unpaired) electrons. The molecule has 0 aliphatic heterocycles. The van der Waals surface area contributed by atoms with Crippen LogP contribution in [-0.4, -0.2) is 17.6 Å². The zero-order chi connectivity index (χ0) is 13.0. The number of nitrogen functional groups attached to an aromatic ring is 1. The Morgan fingerprint density at radius 3 is 2.76 bits per heavy atom. The average Bonchev–Trinajstić information content (AvgIpc) is 2.28. The third-order valence-corrected chi connectivity index (χ3v) is 2.27. The van der Waals surface area contributed by atoms with E-state index >= 15 is 0 Å². The molecule has 0 aliphatic rings. The van der Waals surface area contributed by atoms with Gasteiger partial charge < -0.3 is 10.5 Å². The van der Waals surface area contributed by atoms with Crippen molar-refractivity contribution in [1.29, 1.82) is 0 Å². The van der Waals surface area contributed by atoms with Gasteiger partial charge in [-0.3, -0.25) is 0 Å². The summed E-state index contributed by atoms with van der Waals surface area (Å²) in [6.07, 6.45) is -2.81. The van der Waals surface area contributed by atoms with E-state index in [1.807, 2.05) is 0 Å². The number of anilines is 1. The lowest BCUT2D eigenvalue weighted by molar-refractivity contribution is 0.0517. The van der Waals surface area contributed by atoms with Gasteiger partial charge in [0.25, 0.3) is 6.43 Å². The van der Waals surface area contributed by atoms with Crippen molar-refractivity contribution in [2.24, 2.45) is 0 Å². The maximum Gasteiger partial charge on any atom is 0.357 e. The quantitative estimate of drug-likeness (QED) is 0.670. The average molecular weight is 265 g/mol. The predicted octanol–water partition coefficient (Wildman–Crippen LogP) is 2.52. The van der Waals surface area contributed by atoms with Crippen LogP contribution in [0.25, 0.3) is 0 Å². The van der Waals surface area contributed by atoms with Crippen LogP contribution in [0.15, 0.2) is 6.07 Å². The number of hydrogen-bond acceptors (Lipinski definition) is 4. The van der Waals surface area contributed by atoms with E-state index in [1.54, 1.807) is 6.92 Å². The number of carbonyl (C=O) groups is 1. The fourth-order valence-corrected chi connectivity index (χ4v) is 1.51. The minimum Gasteiger partial charge on any atom is -0.461 e. The van der Waals surface area contributed by atoms with E-state index < -0.39 is 18.1 Å². The van der Waals surface area contributed by atoms with Crippen LogP contribution in [-0.2, 0) is 10.6 Å². The Balaban J connectivity index is 3.28. The van der Waals surface area contributed by atoms with Crippen molar-refractivity contribution in [2.45, 2.75) is 19.2 Å². The Hall–Kier alpha value is -1.43. The van der Waals surface area contributed by atoms with Crippen molar-refractivity contribution in [3.63, 3.8) is 0 Å². The number of pyridine rings is 1. The minimum absolute atomic E-state index is 0.00773. The monoisotopic (exact) mass is 264 g/mol. The zero-order valence-corrected chi connectivity index (χ0v) is 9.80. The Bertz CT molecular complexity index is 427.